The quantitative estimate of drug-likeness (QED) is 0.916. The maximum absolute atomic E-state index is 12.4. The highest BCUT2D eigenvalue weighted by Crippen LogP contribution is 2.31. The van der Waals surface area contributed by atoms with Crippen LogP contribution in [0.1, 0.15) is 17.2 Å². The van der Waals surface area contributed by atoms with E-state index in [0.29, 0.717) is 0 Å². The molecule has 0 spiro atoms. The van der Waals surface area contributed by atoms with Crippen molar-refractivity contribution in [2.75, 3.05) is 11.4 Å². The molecule has 0 saturated carbocycles. The normalized spacial score (nSPS) is 18.5. The fourth-order valence-electron chi connectivity index (χ4n) is 2.65. The number of amides is 2. The molecular weight excluding hydrogens is 264 g/mol. The summed E-state index contributed by atoms with van der Waals surface area (Å²) >= 11 is 0. The van der Waals surface area contributed by atoms with Crippen LogP contribution in [0, 0.1) is 6.92 Å². The van der Waals surface area contributed by atoms with E-state index in [2.05, 4.69) is 5.32 Å². The molecule has 1 saturated heterocycles. The molecule has 0 aromatic heterocycles. The Morgan fingerprint density at radius 3 is 2.38 bits per heavy atom. The SMILES string of the molecule is Cc1ccccc1N1C(=O)CNC(=O)C1c1ccccc1. The Bertz CT molecular complexity index is 682. The van der Waals surface area contributed by atoms with Gasteiger partial charge in [0.1, 0.15) is 6.04 Å². The van der Waals surface area contributed by atoms with Crippen LogP contribution in [0.5, 0.6) is 0 Å². The van der Waals surface area contributed by atoms with E-state index < -0.39 is 6.04 Å². The molecule has 21 heavy (non-hydrogen) atoms. The minimum absolute atomic E-state index is 0.0382. The van der Waals surface area contributed by atoms with Gasteiger partial charge in [-0.05, 0) is 24.1 Å². The predicted molar refractivity (Wildman–Crippen MR) is 80.9 cm³/mol. The van der Waals surface area contributed by atoms with Crippen molar-refractivity contribution in [2.45, 2.75) is 13.0 Å². The molecule has 1 unspecified atom stereocenters. The van der Waals surface area contributed by atoms with Crippen molar-refractivity contribution in [1.82, 2.24) is 5.32 Å². The number of carbonyl (C=O) groups excluding carboxylic acids is 2. The van der Waals surface area contributed by atoms with Gasteiger partial charge in [0.05, 0.1) is 6.54 Å². The Morgan fingerprint density at radius 1 is 1.00 bits per heavy atom. The second-order valence-electron chi connectivity index (χ2n) is 5.08. The van der Waals surface area contributed by atoms with Crippen molar-refractivity contribution in [3.8, 4) is 0 Å². The zero-order valence-corrected chi connectivity index (χ0v) is 11.7. The van der Waals surface area contributed by atoms with E-state index in [1.165, 1.54) is 0 Å². The molecule has 1 atom stereocenters. The summed E-state index contributed by atoms with van der Waals surface area (Å²) in [5.41, 5.74) is 2.57. The van der Waals surface area contributed by atoms with Crippen LogP contribution >= 0.6 is 0 Å². The molecular formula is C17H16N2O2. The third-order valence-corrected chi connectivity index (χ3v) is 3.68. The van der Waals surface area contributed by atoms with Crippen LogP contribution < -0.4 is 10.2 Å². The number of hydrogen-bond acceptors (Lipinski definition) is 2. The minimum atomic E-state index is -0.617. The molecule has 0 radical (unpaired) electrons. The average molecular weight is 280 g/mol. The second-order valence-corrected chi connectivity index (χ2v) is 5.08. The molecule has 1 aliphatic heterocycles. The van der Waals surface area contributed by atoms with Crippen LogP contribution in [0.15, 0.2) is 54.6 Å². The van der Waals surface area contributed by atoms with Gasteiger partial charge in [-0.2, -0.15) is 0 Å². The third-order valence-electron chi connectivity index (χ3n) is 3.68. The first kappa shape index (κ1) is 13.4. The summed E-state index contributed by atoms with van der Waals surface area (Å²) in [7, 11) is 0. The molecule has 1 aliphatic rings. The smallest absolute Gasteiger partial charge is 0.248 e. The van der Waals surface area contributed by atoms with Gasteiger partial charge in [-0.3, -0.25) is 14.5 Å². The standard InChI is InChI=1S/C17H16N2O2/c1-12-7-5-6-10-14(12)19-15(20)11-18-17(21)16(19)13-8-3-2-4-9-13/h2-10,16H,11H2,1H3,(H,18,21). The van der Waals surface area contributed by atoms with Crippen LogP contribution in [0.3, 0.4) is 0 Å². The van der Waals surface area contributed by atoms with Gasteiger partial charge in [-0.15, -0.1) is 0 Å². The fourth-order valence-corrected chi connectivity index (χ4v) is 2.65. The molecule has 2 aromatic carbocycles. The van der Waals surface area contributed by atoms with Gasteiger partial charge in [-0.1, -0.05) is 48.5 Å². The maximum Gasteiger partial charge on any atom is 0.248 e. The zero-order valence-electron chi connectivity index (χ0n) is 11.7. The largest absolute Gasteiger partial charge is 0.345 e. The highest BCUT2D eigenvalue weighted by atomic mass is 16.2. The van der Waals surface area contributed by atoms with Crippen molar-refractivity contribution in [2.24, 2.45) is 0 Å². The van der Waals surface area contributed by atoms with Crippen molar-refractivity contribution in [1.29, 1.82) is 0 Å². The number of aryl methyl sites for hydroxylation is 1. The number of piperazine rings is 1. The molecule has 1 fully saturated rings. The Morgan fingerprint density at radius 2 is 1.67 bits per heavy atom. The molecule has 1 heterocycles. The van der Waals surface area contributed by atoms with E-state index >= 15 is 0 Å². The monoisotopic (exact) mass is 280 g/mol. The highest BCUT2D eigenvalue weighted by Gasteiger charge is 2.37. The number of anilines is 1. The molecule has 2 amide bonds. The van der Waals surface area contributed by atoms with Crippen molar-refractivity contribution in [3.05, 3.63) is 65.7 Å². The van der Waals surface area contributed by atoms with Crippen molar-refractivity contribution < 1.29 is 9.59 Å². The average Bonchev–Trinajstić information content (AvgIpc) is 2.51. The van der Waals surface area contributed by atoms with Crippen molar-refractivity contribution >= 4 is 17.5 Å². The number of hydrogen-bond donors (Lipinski definition) is 1. The lowest BCUT2D eigenvalue weighted by atomic mass is 10.00. The number of carbonyl (C=O) groups is 2. The molecule has 106 valence electrons. The summed E-state index contributed by atoms with van der Waals surface area (Å²) in [5, 5.41) is 2.67. The van der Waals surface area contributed by atoms with Crippen LogP contribution in [0.25, 0.3) is 0 Å². The topological polar surface area (TPSA) is 49.4 Å². The van der Waals surface area contributed by atoms with E-state index in [0.717, 1.165) is 16.8 Å². The van der Waals surface area contributed by atoms with Crippen molar-refractivity contribution in [3.63, 3.8) is 0 Å². The number of nitrogens with one attached hydrogen (secondary N) is 1. The first-order valence-corrected chi connectivity index (χ1v) is 6.89. The highest BCUT2D eigenvalue weighted by molar-refractivity contribution is 6.07. The summed E-state index contributed by atoms with van der Waals surface area (Å²) in [6.07, 6.45) is 0. The van der Waals surface area contributed by atoms with Gasteiger partial charge in [0.2, 0.25) is 11.8 Å². The molecule has 3 rings (SSSR count). The molecule has 1 N–H and O–H groups in total. The Hall–Kier alpha value is -2.62. The van der Waals surface area contributed by atoms with Crippen LogP contribution in [-0.4, -0.2) is 18.4 Å². The van der Waals surface area contributed by atoms with E-state index in [-0.39, 0.29) is 18.4 Å². The molecule has 2 aromatic rings. The Balaban J connectivity index is 2.11. The second kappa shape index (κ2) is 5.40. The molecule has 0 bridgehead atoms. The summed E-state index contributed by atoms with van der Waals surface area (Å²) in [4.78, 5) is 26.3. The molecule has 0 aliphatic carbocycles. The summed E-state index contributed by atoms with van der Waals surface area (Å²) in [6.45, 7) is 1.98. The first-order chi connectivity index (χ1) is 10.2. The van der Waals surface area contributed by atoms with Crippen LogP contribution in [0.4, 0.5) is 5.69 Å². The van der Waals surface area contributed by atoms with Gasteiger partial charge in [0.25, 0.3) is 0 Å². The lowest BCUT2D eigenvalue weighted by Crippen LogP contribution is -2.54. The van der Waals surface area contributed by atoms with Crippen LogP contribution in [0.2, 0.25) is 0 Å². The molecule has 4 nitrogen and oxygen atoms in total. The first-order valence-electron chi connectivity index (χ1n) is 6.89. The van der Waals surface area contributed by atoms with Gasteiger partial charge in [0.15, 0.2) is 0 Å². The number of para-hydroxylation sites is 1. The van der Waals surface area contributed by atoms with Gasteiger partial charge >= 0.3 is 0 Å². The minimum Gasteiger partial charge on any atom is -0.345 e. The van der Waals surface area contributed by atoms with Gasteiger partial charge in [0, 0.05) is 5.69 Å². The third kappa shape index (κ3) is 2.40. The molecule has 4 heteroatoms. The van der Waals surface area contributed by atoms with E-state index in [4.69, 9.17) is 0 Å². The number of benzene rings is 2. The predicted octanol–water partition coefficient (Wildman–Crippen LogP) is 2.20. The summed E-state index contributed by atoms with van der Waals surface area (Å²) in [5.74, 6) is -0.248. The number of nitrogens with zero attached hydrogens (tertiary/aromatic N) is 1. The van der Waals surface area contributed by atoms with E-state index in [9.17, 15) is 9.59 Å². The Labute approximate surface area is 123 Å². The van der Waals surface area contributed by atoms with Crippen LogP contribution in [-0.2, 0) is 9.59 Å². The van der Waals surface area contributed by atoms with Gasteiger partial charge in [-0.25, -0.2) is 0 Å². The Kier molecular flexibility index (Phi) is 3.44. The lowest BCUT2D eigenvalue weighted by molar-refractivity contribution is -0.131. The fraction of sp³-hybridized carbons (Fsp3) is 0.176. The van der Waals surface area contributed by atoms with E-state index in [1.54, 1.807) is 4.90 Å². The summed E-state index contributed by atoms with van der Waals surface area (Å²) in [6, 6.07) is 16.4. The number of rotatable bonds is 2. The maximum atomic E-state index is 12.4. The zero-order chi connectivity index (χ0) is 14.8. The summed E-state index contributed by atoms with van der Waals surface area (Å²) < 4.78 is 0. The van der Waals surface area contributed by atoms with Gasteiger partial charge < -0.3 is 5.32 Å². The lowest BCUT2D eigenvalue weighted by Gasteiger charge is -2.36. The van der Waals surface area contributed by atoms with E-state index in [1.807, 2.05) is 61.5 Å².